The van der Waals surface area contributed by atoms with E-state index in [1.165, 1.54) is 42.5 Å². The maximum Gasteiger partial charge on any atom is 0.397 e. The molecular formula is C28H18F3NO6. The molecule has 1 aliphatic rings. The summed E-state index contributed by atoms with van der Waals surface area (Å²) in [4.78, 5) is 37.7. The number of anilines is 1. The smallest absolute Gasteiger partial charge is 0.397 e. The number of phenols is 1. The number of carboxylic acid groups (broad SMARTS) is 1. The molecule has 10 heteroatoms. The van der Waals surface area contributed by atoms with Gasteiger partial charge in [0.1, 0.15) is 23.5 Å². The number of carboxylic acids is 1. The van der Waals surface area contributed by atoms with Crippen LogP contribution in [0.25, 0.3) is 22.6 Å². The zero-order chi connectivity index (χ0) is 27.2. The van der Waals surface area contributed by atoms with E-state index in [4.69, 9.17) is 4.42 Å². The van der Waals surface area contributed by atoms with E-state index in [2.05, 4.69) is 5.32 Å². The molecular weight excluding hydrogens is 503 g/mol. The number of fused-ring (bicyclic) bond motifs is 3. The van der Waals surface area contributed by atoms with Crippen LogP contribution in [0.1, 0.15) is 40.4 Å². The zero-order valence-corrected chi connectivity index (χ0v) is 19.4. The van der Waals surface area contributed by atoms with E-state index in [9.17, 15) is 37.8 Å². The lowest BCUT2D eigenvalue weighted by Crippen LogP contribution is -2.21. The van der Waals surface area contributed by atoms with E-state index >= 15 is 0 Å². The van der Waals surface area contributed by atoms with Gasteiger partial charge in [-0.3, -0.25) is 9.59 Å². The van der Waals surface area contributed by atoms with Crippen molar-refractivity contribution in [2.24, 2.45) is 0 Å². The Morgan fingerprint density at radius 1 is 1.00 bits per heavy atom. The number of carbonyl (C=O) groups is 2. The Labute approximate surface area is 212 Å². The molecule has 1 heterocycles. The molecule has 5 rings (SSSR count). The van der Waals surface area contributed by atoms with Crippen LogP contribution in [0.3, 0.4) is 0 Å². The molecule has 0 saturated heterocycles. The van der Waals surface area contributed by atoms with Gasteiger partial charge in [0.2, 0.25) is 5.91 Å². The molecule has 0 bridgehead atoms. The minimum atomic E-state index is -4.68. The number of nitrogens with one attached hydrogen (secondary N) is 1. The molecule has 38 heavy (non-hydrogen) atoms. The number of aromatic hydroxyl groups is 1. The largest absolute Gasteiger partial charge is 0.508 e. The molecule has 1 atom stereocenters. The summed E-state index contributed by atoms with van der Waals surface area (Å²) in [5, 5.41) is 22.3. The van der Waals surface area contributed by atoms with Gasteiger partial charge in [-0.05, 0) is 47.0 Å². The van der Waals surface area contributed by atoms with Crippen molar-refractivity contribution in [3.05, 3.63) is 105 Å². The maximum atomic E-state index is 13.5. The standard InChI is InChI=1S/C28H18F3NO6/c29-28(30,31)13-23(34)32-15-5-3-4-14(10-15)24-18-7-2-1-6-17(18)20(27(36)37)12-21-25(35)19-9-8-16(33)11-22(19)38-26(21)24/h1-12,24,33H,13H2,(H,32,34)(H,36,37). The zero-order valence-electron chi connectivity index (χ0n) is 19.4. The second kappa shape index (κ2) is 9.22. The molecule has 1 aromatic heterocycles. The van der Waals surface area contributed by atoms with Gasteiger partial charge in [0.05, 0.1) is 22.4 Å². The van der Waals surface area contributed by atoms with Crippen LogP contribution in [-0.4, -0.2) is 28.3 Å². The van der Waals surface area contributed by atoms with Crippen LogP contribution < -0.4 is 10.7 Å². The van der Waals surface area contributed by atoms with E-state index in [1.54, 1.807) is 30.3 Å². The molecule has 0 spiro atoms. The Balaban J connectivity index is 1.76. The van der Waals surface area contributed by atoms with Crippen molar-refractivity contribution in [1.82, 2.24) is 0 Å². The Bertz CT molecular complexity index is 1700. The summed E-state index contributed by atoms with van der Waals surface area (Å²) in [5.41, 5.74) is 0.650. The Morgan fingerprint density at radius 3 is 2.50 bits per heavy atom. The molecule has 0 aliphatic heterocycles. The normalized spacial score (nSPS) is 14.7. The van der Waals surface area contributed by atoms with Crippen LogP contribution in [-0.2, 0) is 9.59 Å². The predicted octanol–water partition coefficient (Wildman–Crippen LogP) is 5.51. The van der Waals surface area contributed by atoms with Gasteiger partial charge in [0, 0.05) is 11.8 Å². The fourth-order valence-corrected chi connectivity index (χ4v) is 4.61. The summed E-state index contributed by atoms with van der Waals surface area (Å²) in [6.45, 7) is 0. The van der Waals surface area contributed by atoms with Crippen molar-refractivity contribution in [2.45, 2.75) is 18.5 Å². The van der Waals surface area contributed by atoms with Crippen LogP contribution in [0.2, 0.25) is 0 Å². The first-order chi connectivity index (χ1) is 18.0. The van der Waals surface area contributed by atoms with Crippen LogP contribution in [0.4, 0.5) is 18.9 Å². The molecule has 0 fully saturated rings. The summed E-state index contributed by atoms with van der Waals surface area (Å²) in [6.07, 6.45) is -5.11. The number of alkyl halides is 3. The molecule has 3 aromatic carbocycles. The number of hydrogen-bond donors (Lipinski definition) is 3. The Morgan fingerprint density at radius 2 is 1.76 bits per heavy atom. The fraction of sp³-hybridized carbons (Fsp3) is 0.107. The van der Waals surface area contributed by atoms with Gasteiger partial charge in [-0.1, -0.05) is 36.4 Å². The van der Waals surface area contributed by atoms with E-state index in [0.717, 1.165) is 0 Å². The maximum absolute atomic E-state index is 13.5. The molecule has 1 aliphatic carbocycles. The van der Waals surface area contributed by atoms with Crippen molar-refractivity contribution < 1.29 is 37.4 Å². The first-order valence-electron chi connectivity index (χ1n) is 11.3. The molecule has 1 amide bonds. The van der Waals surface area contributed by atoms with Gasteiger partial charge in [0.25, 0.3) is 0 Å². The quantitative estimate of drug-likeness (QED) is 0.326. The fourth-order valence-electron chi connectivity index (χ4n) is 4.61. The predicted molar refractivity (Wildman–Crippen MR) is 133 cm³/mol. The molecule has 0 saturated carbocycles. The number of halogens is 3. The molecule has 1 unspecified atom stereocenters. The van der Waals surface area contributed by atoms with Gasteiger partial charge in [-0.2, -0.15) is 13.2 Å². The molecule has 4 aromatic rings. The lowest BCUT2D eigenvalue weighted by molar-refractivity contribution is -0.150. The number of aliphatic carboxylic acids is 1. The highest BCUT2D eigenvalue weighted by molar-refractivity contribution is 6.21. The summed E-state index contributed by atoms with van der Waals surface area (Å²) >= 11 is 0. The summed E-state index contributed by atoms with van der Waals surface area (Å²) in [6, 6.07) is 16.5. The average Bonchev–Trinajstić information content (AvgIpc) is 2.98. The molecule has 3 N–H and O–H groups in total. The number of benzene rings is 3. The van der Waals surface area contributed by atoms with Gasteiger partial charge in [0.15, 0.2) is 5.43 Å². The van der Waals surface area contributed by atoms with E-state index in [0.29, 0.717) is 16.7 Å². The third-order valence-corrected chi connectivity index (χ3v) is 6.15. The van der Waals surface area contributed by atoms with Crippen molar-refractivity contribution in [2.75, 3.05) is 5.32 Å². The van der Waals surface area contributed by atoms with Crippen molar-refractivity contribution in [1.29, 1.82) is 0 Å². The average molecular weight is 521 g/mol. The number of rotatable bonds is 4. The summed E-state index contributed by atoms with van der Waals surface area (Å²) in [5.74, 6) is -3.48. The first-order valence-corrected chi connectivity index (χ1v) is 11.3. The second-order valence-corrected chi connectivity index (χ2v) is 8.74. The minimum Gasteiger partial charge on any atom is -0.508 e. The SMILES string of the molecule is O=C(CC(F)(F)F)Nc1cccc(C2c3ccccc3C(C(=O)O)=Cc3c2oc2cc(O)ccc2c3=O)c1. The van der Waals surface area contributed by atoms with Crippen LogP contribution in [0.5, 0.6) is 5.75 Å². The van der Waals surface area contributed by atoms with Gasteiger partial charge < -0.3 is 19.9 Å². The molecule has 0 radical (unpaired) electrons. The van der Waals surface area contributed by atoms with Crippen LogP contribution in [0, 0.1) is 0 Å². The van der Waals surface area contributed by atoms with Crippen LogP contribution in [0.15, 0.2) is 75.9 Å². The van der Waals surface area contributed by atoms with Gasteiger partial charge in [-0.25, -0.2) is 4.79 Å². The summed E-state index contributed by atoms with van der Waals surface area (Å²) < 4.78 is 44.2. The van der Waals surface area contributed by atoms with Gasteiger partial charge >= 0.3 is 12.1 Å². The number of amides is 1. The van der Waals surface area contributed by atoms with E-state index < -0.39 is 35.8 Å². The van der Waals surface area contributed by atoms with Gasteiger partial charge in [-0.15, -0.1) is 0 Å². The topological polar surface area (TPSA) is 117 Å². The first kappa shape index (κ1) is 24.8. The Hall–Kier alpha value is -4.86. The highest BCUT2D eigenvalue weighted by Gasteiger charge is 2.33. The van der Waals surface area contributed by atoms with Crippen molar-refractivity contribution in [3.8, 4) is 5.75 Å². The molecule has 192 valence electrons. The monoisotopic (exact) mass is 521 g/mol. The lowest BCUT2D eigenvalue weighted by Gasteiger charge is -2.21. The highest BCUT2D eigenvalue weighted by atomic mass is 19.4. The van der Waals surface area contributed by atoms with E-state index in [-0.39, 0.29) is 39.3 Å². The summed E-state index contributed by atoms with van der Waals surface area (Å²) in [7, 11) is 0. The molecule has 7 nitrogen and oxygen atoms in total. The number of carbonyl (C=O) groups excluding carboxylic acids is 1. The lowest BCUT2D eigenvalue weighted by atomic mass is 9.85. The second-order valence-electron chi connectivity index (χ2n) is 8.74. The Kier molecular flexibility index (Phi) is 6.02. The highest BCUT2D eigenvalue weighted by Crippen LogP contribution is 2.42. The number of phenolic OH excluding ortho intramolecular Hbond substituents is 1. The number of hydrogen-bond acceptors (Lipinski definition) is 5. The minimum absolute atomic E-state index is 0.0201. The van der Waals surface area contributed by atoms with Crippen LogP contribution >= 0.6 is 0 Å². The van der Waals surface area contributed by atoms with Crippen molar-refractivity contribution >= 4 is 40.2 Å². The van der Waals surface area contributed by atoms with E-state index in [1.807, 2.05) is 0 Å². The van der Waals surface area contributed by atoms with Crippen molar-refractivity contribution in [3.63, 3.8) is 0 Å². The third-order valence-electron chi connectivity index (χ3n) is 6.15. The third kappa shape index (κ3) is 4.63.